The number of nitrogens with one attached hydrogen (secondary N) is 1. The Hall–Kier alpha value is -2.63. The molecule has 0 fully saturated rings. The predicted molar refractivity (Wildman–Crippen MR) is 129 cm³/mol. The van der Waals surface area contributed by atoms with Gasteiger partial charge in [-0.15, -0.1) is 0 Å². The predicted octanol–water partition coefficient (Wildman–Crippen LogP) is 6.70. The van der Waals surface area contributed by atoms with Crippen LogP contribution in [0.5, 0.6) is 0 Å². The Morgan fingerprint density at radius 1 is 1.06 bits per heavy atom. The molecule has 6 heteroatoms. The summed E-state index contributed by atoms with van der Waals surface area (Å²) in [5, 5.41) is 0.335. The monoisotopic (exact) mass is 457 g/mol. The van der Waals surface area contributed by atoms with E-state index in [1.165, 1.54) is 12.1 Å². The quantitative estimate of drug-likeness (QED) is 0.286. The number of ketones is 1. The van der Waals surface area contributed by atoms with Crippen molar-refractivity contribution in [1.29, 1.82) is 0 Å². The van der Waals surface area contributed by atoms with Gasteiger partial charge in [0.25, 0.3) is 10.0 Å². The van der Waals surface area contributed by atoms with Crippen LogP contribution in [0.3, 0.4) is 0 Å². The molecule has 164 valence electrons. The number of rotatable bonds is 7. The Bertz CT molecular complexity index is 1150. The Morgan fingerprint density at radius 2 is 1.68 bits per heavy atom. The molecule has 0 radical (unpaired) electrons. The minimum absolute atomic E-state index is 0.0921. The molecule has 0 aliphatic carbocycles. The van der Waals surface area contributed by atoms with E-state index >= 15 is 0 Å². The van der Waals surface area contributed by atoms with E-state index in [9.17, 15) is 13.2 Å². The highest BCUT2D eigenvalue weighted by Gasteiger charge is 2.22. The number of sulfonamides is 1. The van der Waals surface area contributed by atoms with Crippen LogP contribution in [-0.2, 0) is 15.4 Å². The molecule has 2 aromatic carbocycles. The van der Waals surface area contributed by atoms with E-state index in [1.54, 1.807) is 48.6 Å². The fraction of sp³-hybridized carbons (Fsp3) is 0.240. The fourth-order valence-corrected chi connectivity index (χ4v) is 4.16. The average Bonchev–Trinajstić information content (AvgIpc) is 2.68. The Kier molecular flexibility index (Phi) is 7.68. The Balaban J connectivity index is 2.48. The summed E-state index contributed by atoms with van der Waals surface area (Å²) >= 11 is 6.12. The minimum Gasteiger partial charge on any atom is -0.289 e. The maximum absolute atomic E-state index is 13.2. The van der Waals surface area contributed by atoms with Crippen molar-refractivity contribution in [2.24, 2.45) is 0 Å². The largest absolute Gasteiger partial charge is 0.289 e. The standard InChI is InChI=1S/C25H28ClNO3S/c1-7-8-9-21(17(2)3)24(28)22-16-19(26)12-15-23(22)27-31(29,30)20-13-10-18(11-14-20)25(4,5)6/h7-16,27H,1H2,2-6H3/b9-8-. The molecule has 0 saturated heterocycles. The summed E-state index contributed by atoms with van der Waals surface area (Å²) in [4.78, 5) is 13.3. The highest BCUT2D eigenvalue weighted by Crippen LogP contribution is 2.28. The molecule has 2 rings (SSSR count). The summed E-state index contributed by atoms with van der Waals surface area (Å²) in [6, 6.07) is 11.2. The highest BCUT2D eigenvalue weighted by atomic mass is 35.5. The van der Waals surface area contributed by atoms with Crippen molar-refractivity contribution in [3.8, 4) is 0 Å². The summed E-state index contributed by atoms with van der Waals surface area (Å²) in [6.45, 7) is 13.4. The van der Waals surface area contributed by atoms with Crippen molar-refractivity contribution in [2.45, 2.75) is 44.9 Å². The van der Waals surface area contributed by atoms with Crippen LogP contribution in [-0.4, -0.2) is 14.2 Å². The number of halogens is 1. The van der Waals surface area contributed by atoms with Gasteiger partial charge in [0.15, 0.2) is 5.78 Å². The third-order valence-electron chi connectivity index (χ3n) is 4.68. The number of anilines is 1. The second kappa shape index (κ2) is 9.67. The first-order chi connectivity index (χ1) is 14.4. The first kappa shape index (κ1) is 24.6. The lowest BCUT2D eigenvalue weighted by molar-refractivity contribution is 0.103. The zero-order chi connectivity index (χ0) is 23.4. The van der Waals surface area contributed by atoms with Gasteiger partial charge < -0.3 is 0 Å². The van der Waals surface area contributed by atoms with Gasteiger partial charge >= 0.3 is 0 Å². The molecule has 0 aliphatic rings. The van der Waals surface area contributed by atoms with E-state index < -0.39 is 10.0 Å². The summed E-state index contributed by atoms with van der Waals surface area (Å²) in [7, 11) is -3.90. The molecule has 0 heterocycles. The van der Waals surface area contributed by atoms with Crippen LogP contribution in [0.15, 0.2) is 83.3 Å². The third kappa shape index (κ3) is 6.18. The van der Waals surface area contributed by atoms with Crippen LogP contribution >= 0.6 is 11.6 Å². The van der Waals surface area contributed by atoms with Crippen molar-refractivity contribution in [1.82, 2.24) is 0 Å². The number of benzene rings is 2. The summed E-state index contributed by atoms with van der Waals surface area (Å²) in [5.41, 5.74) is 2.50. The molecular formula is C25H28ClNO3S. The molecule has 0 spiro atoms. The van der Waals surface area contributed by atoms with Crippen molar-refractivity contribution >= 4 is 33.1 Å². The van der Waals surface area contributed by atoms with Crippen LogP contribution in [0.2, 0.25) is 5.02 Å². The number of Topliss-reactive ketones (excluding diaryl/α,β-unsaturated/α-hetero) is 1. The highest BCUT2D eigenvalue weighted by molar-refractivity contribution is 7.92. The van der Waals surface area contributed by atoms with Crippen LogP contribution in [0.25, 0.3) is 0 Å². The molecule has 0 amide bonds. The maximum Gasteiger partial charge on any atom is 0.261 e. The van der Waals surface area contributed by atoms with Gasteiger partial charge in [-0.2, -0.15) is 0 Å². The lowest BCUT2D eigenvalue weighted by Gasteiger charge is -2.19. The maximum atomic E-state index is 13.2. The molecule has 0 aromatic heterocycles. The smallest absolute Gasteiger partial charge is 0.261 e. The summed E-state index contributed by atoms with van der Waals surface area (Å²) in [5.74, 6) is -0.332. The molecule has 0 aliphatic heterocycles. The molecule has 2 aromatic rings. The van der Waals surface area contributed by atoms with E-state index in [-0.39, 0.29) is 27.3 Å². The van der Waals surface area contributed by atoms with Crippen molar-refractivity contribution in [3.63, 3.8) is 0 Å². The number of hydrogen-bond donors (Lipinski definition) is 1. The van der Waals surface area contributed by atoms with Gasteiger partial charge in [-0.3, -0.25) is 9.52 Å². The van der Waals surface area contributed by atoms with Gasteiger partial charge in [0.05, 0.1) is 10.6 Å². The first-order valence-electron chi connectivity index (χ1n) is 9.81. The first-order valence-corrected chi connectivity index (χ1v) is 11.7. The van der Waals surface area contributed by atoms with Gasteiger partial charge in [0, 0.05) is 16.2 Å². The molecule has 31 heavy (non-hydrogen) atoms. The van der Waals surface area contributed by atoms with Crippen LogP contribution < -0.4 is 4.72 Å². The normalized spacial score (nSPS) is 11.9. The average molecular weight is 458 g/mol. The van der Waals surface area contributed by atoms with Gasteiger partial charge in [0.2, 0.25) is 0 Å². The zero-order valence-electron chi connectivity index (χ0n) is 18.5. The number of carbonyl (C=O) groups is 1. The van der Waals surface area contributed by atoms with Crippen molar-refractivity contribution in [3.05, 3.63) is 94.6 Å². The zero-order valence-corrected chi connectivity index (χ0v) is 20.1. The van der Waals surface area contributed by atoms with Gasteiger partial charge in [-0.1, -0.05) is 74.9 Å². The van der Waals surface area contributed by atoms with Gasteiger partial charge in [-0.25, -0.2) is 8.42 Å². The SMILES string of the molecule is C=C/C=C\C(C(=O)c1cc(Cl)ccc1NS(=O)(=O)c1ccc(C(C)(C)C)cc1)=C(C)C. The minimum atomic E-state index is -3.90. The summed E-state index contributed by atoms with van der Waals surface area (Å²) in [6.07, 6.45) is 4.87. The van der Waals surface area contributed by atoms with E-state index in [1.807, 2.05) is 13.8 Å². The summed E-state index contributed by atoms with van der Waals surface area (Å²) < 4.78 is 28.6. The van der Waals surface area contributed by atoms with Gasteiger partial charge in [-0.05, 0) is 55.2 Å². The lowest BCUT2D eigenvalue weighted by Crippen LogP contribution is -2.17. The number of carbonyl (C=O) groups excluding carboxylic acids is 1. The molecule has 1 N–H and O–H groups in total. The van der Waals surface area contributed by atoms with E-state index in [0.29, 0.717) is 10.6 Å². The van der Waals surface area contributed by atoms with E-state index in [4.69, 9.17) is 11.6 Å². The molecular weight excluding hydrogens is 430 g/mol. The number of allylic oxidation sites excluding steroid dienone is 5. The topological polar surface area (TPSA) is 63.2 Å². The third-order valence-corrected chi connectivity index (χ3v) is 6.30. The molecule has 0 bridgehead atoms. The van der Waals surface area contributed by atoms with Crippen molar-refractivity contribution in [2.75, 3.05) is 4.72 Å². The van der Waals surface area contributed by atoms with Gasteiger partial charge in [0.1, 0.15) is 0 Å². The van der Waals surface area contributed by atoms with Crippen LogP contribution in [0, 0.1) is 0 Å². The number of hydrogen-bond acceptors (Lipinski definition) is 3. The molecule has 0 atom stereocenters. The lowest BCUT2D eigenvalue weighted by atomic mass is 9.87. The Morgan fingerprint density at radius 3 is 2.19 bits per heavy atom. The van der Waals surface area contributed by atoms with Crippen LogP contribution in [0.1, 0.15) is 50.5 Å². The molecule has 0 unspecified atom stereocenters. The fourth-order valence-electron chi connectivity index (χ4n) is 2.91. The second-order valence-corrected chi connectivity index (χ2v) is 10.5. The van der Waals surface area contributed by atoms with E-state index in [0.717, 1.165) is 11.1 Å². The van der Waals surface area contributed by atoms with E-state index in [2.05, 4.69) is 32.1 Å². The molecule has 4 nitrogen and oxygen atoms in total. The van der Waals surface area contributed by atoms with Crippen LogP contribution in [0.4, 0.5) is 5.69 Å². The van der Waals surface area contributed by atoms with Crippen molar-refractivity contribution < 1.29 is 13.2 Å². The Labute approximate surface area is 190 Å². The molecule has 0 saturated carbocycles. The second-order valence-electron chi connectivity index (χ2n) is 8.41.